The molecule has 24 heavy (non-hydrogen) atoms. The van der Waals surface area contributed by atoms with Gasteiger partial charge in [-0.05, 0) is 24.3 Å². The molecule has 3 heterocycles. The number of benzene rings is 2. The van der Waals surface area contributed by atoms with Crippen LogP contribution in [0.3, 0.4) is 0 Å². The summed E-state index contributed by atoms with van der Waals surface area (Å²) in [6.45, 7) is 0. The number of imidazole rings is 2. The molecule has 4 nitrogen and oxygen atoms in total. The van der Waals surface area contributed by atoms with Crippen molar-refractivity contribution in [2.45, 2.75) is 0 Å². The Morgan fingerprint density at radius 3 is 2.46 bits per heavy atom. The molecule has 0 aliphatic rings. The first kappa shape index (κ1) is 13.1. The van der Waals surface area contributed by atoms with Gasteiger partial charge in [-0.15, -0.1) is 0 Å². The monoisotopic (exact) mass is 310 g/mol. The van der Waals surface area contributed by atoms with Gasteiger partial charge in [0.1, 0.15) is 17.7 Å². The maximum Gasteiger partial charge on any atom is 0.151 e. The van der Waals surface area contributed by atoms with Crippen LogP contribution in [-0.4, -0.2) is 18.9 Å². The Morgan fingerprint density at radius 1 is 0.750 bits per heavy atom. The molecular weight excluding hydrogens is 296 g/mol. The number of hydrogen-bond donors (Lipinski definition) is 0. The third-order valence-electron chi connectivity index (χ3n) is 4.23. The van der Waals surface area contributed by atoms with Gasteiger partial charge in [0.05, 0.1) is 11.0 Å². The lowest BCUT2D eigenvalue weighted by molar-refractivity contribution is 0.994. The number of aromatic nitrogens is 4. The minimum absolute atomic E-state index is 0.920. The van der Waals surface area contributed by atoms with Crippen LogP contribution in [0.15, 0.2) is 85.3 Å². The molecule has 0 fully saturated rings. The zero-order valence-corrected chi connectivity index (χ0v) is 12.9. The highest BCUT2D eigenvalue weighted by molar-refractivity contribution is 5.80. The van der Waals surface area contributed by atoms with E-state index in [1.54, 1.807) is 0 Å². The third kappa shape index (κ3) is 1.86. The van der Waals surface area contributed by atoms with Crippen molar-refractivity contribution in [2.24, 2.45) is 0 Å². The van der Waals surface area contributed by atoms with Crippen LogP contribution in [0.1, 0.15) is 0 Å². The summed E-state index contributed by atoms with van der Waals surface area (Å²) in [5, 5.41) is 0. The van der Waals surface area contributed by atoms with E-state index in [0.717, 1.165) is 33.8 Å². The molecular formula is C20H14N4. The van der Waals surface area contributed by atoms with Gasteiger partial charge >= 0.3 is 0 Å². The first-order chi connectivity index (χ1) is 11.9. The van der Waals surface area contributed by atoms with Crippen molar-refractivity contribution in [1.82, 2.24) is 18.9 Å². The van der Waals surface area contributed by atoms with Crippen LogP contribution in [0.5, 0.6) is 0 Å². The summed E-state index contributed by atoms with van der Waals surface area (Å²) < 4.78 is 4.22. The first-order valence-corrected chi connectivity index (χ1v) is 7.87. The second-order valence-corrected chi connectivity index (χ2v) is 5.68. The maximum absolute atomic E-state index is 4.86. The second kappa shape index (κ2) is 5.06. The molecule has 114 valence electrons. The summed E-state index contributed by atoms with van der Waals surface area (Å²) in [5.41, 5.74) is 5.01. The summed E-state index contributed by atoms with van der Waals surface area (Å²) in [5.74, 6) is 1.01. The highest BCUT2D eigenvalue weighted by Crippen LogP contribution is 2.29. The van der Waals surface area contributed by atoms with E-state index in [4.69, 9.17) is 4.98 Å². The molecule has 0 atom stereocenters. The van der Waals surface area contributed by atoms with Gasteiger partial charge in [-0.1, -0.05) is 48.5 Å². The van der Waals surface area contributed by atoms with Crippen molar-refractivity contribution in [3.63, 3.8) is 0 Å². The van der Waals surface area contributed by atoms with Gasteiger partial charge in [-0.2, -0.15) is 0 Å². The molecule has 3 aromatic heterocycles. The van der Waals surface area contributed by atoms with E-state index in [1.165, 1.54) is 0 Å². The molecule has 0 spiro atoms. The van der Waals surface area contributed by atoms with Gasteiger partial charge in [0.25, 0.3) is 0 Å². The van der Waals surface area contributed by atoms with Crippen molar-refractivity contribution in [2.75, 3.05) is 0 Å². The Morgan fingerprint density at radius 2 is 1.54 bits per heavy atom. The lowest BCUT2D eigenvalue weighted by Crippen LogP contribution is -1.99. The molecule has 5 rings (SSSR count). The fraction of sp³-hybridized carbons (Fsp3) is 0. The van der Waals surface area contributed by atoms with E-state index in [9.17, 15) is 0 Å². The predicted octanol–water partition coefficient (Wildman–Crippen LogP) is 4.34. The number of rotatable bonds is 2. The number of hydrogen-bond acceptors (Lipinski definition) is 2. The van der Waals surface area contributed by atoms with E-state index < -0.39 is 0 Å². The van der Waals surface area contributed by atoms with E-state index in [1.807, 2.05) is 67.1 Å². The fourth-order valence-corrected chi connectivity index (χ4v) is 3.13. The highest BCUT2D eigenvalue weighted by Gasteiger charge is 2.17. The Balaban J connectivity index is 1.90. The number of nitrogens with zero attached hydrogens (tertiary/aromatic N) is 4. The summed E-state index contributed by atoms with van der Waals surface area (Å²) in [6, 6.07) is 24.5. The van der Waals surface area contributed by atoms with Crippen molar-refractivity contribution in [3.05, 3.63) is 85.3 Å². The molecule has 4 heteroatoms. The molecule has 0 bridgehead atoms. The highest BCUT2D eigenvalue weighted by atomic mass is 15.2. The van der Waals surface area contributed by atoms with Gasteiger partial charge in [-0.25, -0.2) is 9.97 Å². The Hall–Kier alpha value is -3.40. The largest absolute Gasteiger partial charge is 0.285 e. The topological polar surface area (TPSA) is 35.1 Å². The molecule has 0 aliphatic carbocycles. The zero-order chi connectivity index (χ0) is 15.9. The van der Waals surface area contributed by atoms with Crippen molar-refractivity contribution < 1.29 is 0 Å². The maximum atomic E-state index is 4.86. The molecule has 0 aliphatic heterocycles. The van der Waals surface area contributed by atoms with E-state index in [2.05, 4.69) is 32.2 Å². The normalized spacial score (nSPS) is 11.3. The molecule has 0 N–H and O–H groups in total. The van der Waals surface area contributed by atoms with E-state index >= 15 is 0 Å². The van der Waals surface area contributed by atoms with E-state index in [-0.39, 0.29) is 0 Å². The molecule has 0 unspecified atom stereocenters. The van der Waals surface area contributed by atoms with E-state index in [0.29, 0.717) is 0 Å². The van der Waals surface area contributed by atoms with Crippen LogP contribution in [0.25, 0.3) is 33.8 Å². The zero-order valence-electron chi connectivity index (χ0n) is 12.9. The van der Waals surface area contributed by atoms with Gasteiger partial charge in [0, 0.05) is 11.8 Å². The minimum atomic E-state index is 0.920. The predicted molar refractivity (Wildman–Crippen MR) is 95.3 cm³/mol. The number of para-hydroxylation sites is 2. The van der Waals surface area contributed by atoms with Crippen molar-refractivity contribution in [3.8, 4) is 17.1 Å². The van der Waals surface area contributed by atoms with Gasteiger partial charge in [0.2, 0.25) is 0 Å². The standard InChI is InChI=1S/C20H14N4/c1-2-8-15(9-3-1)19-20(23-13-7-6-12-18(23)22-19)24-14-21-16-10-4-5-11-17(16)24/h1-14H. The summed E-state index contributed by atoms with van der Waals surface area (Å²) in [6.07, 6.45) is 3.91. The summed E-state index contributed by atoms with van der Waals surface area (Å²) in [4.78, 5) is 9.40. The molecule has 5 aromatic rings. The SMILES string of the molecule is c1ccc(-c2nc3ccccn3c2-n2cnc3ccccc32)cc1. The number of fused-ring (bicyclic) bond motifs is 2. The Labute approximate surface area is 138 Å². The lowest BCUT2D eigenvalue weighted by Gasteiger charge is -2.07. The fourth-order valence-electron chi connectivity index (χ4n) is 3.13. The Kier molecular flexibility index (Phi) is 2.76. The van der Waals surface area contributed by atoms with Gasteiger partial charge in [-0.3, -0.25) is 8.97 Å². The average Bonchev–Trinajstić information content (AvgIpc) is 3.23. The first-order valence-electron chi connectivity index (χ1n) is 7.87. The number of pyridine rings is 1. The van der Waals surface area contributed by atoms with Crippen LogP contribution in [0.2, 0.25) is 0 Å². The molecule has 0 saturated heterocycles. The van der Waals surface area contributed by atoms with Gasteiger partial charge < -0.3 is 0 Å². The van der Waals surface area contributed by atoms with Crippen LogP contribution >= 0.6 is 0 Å². The van der Waals surface area contributed by atoms with Crippen LogP contribution in [-0.2, 0) is 0 Å². The minimum Gasteiger partial charge on any atom is -0.285 e. The lowest BCUT2D eigenvalue weighted by atomic mass is 10.1. The van der Waals surface area contributed by atoms with Gasteiger partial charge in [0.15, 0.2) is 5.82 Å². The molecule has 0 amide bonds. The van der Waals surface area contributed by atoms with Crippen LogP contribution in [0.4, 0.5) is 0 Å². The third-order valence-corrected chi connectivity index (χ3v) is 4.23. The quantitative estimate of drug-likeness (QED) is 0.486. The van der Waals surface area contributed by atoms with Crippen LogP contribution < -0.4 is 0 Å². The molecule has 2 aromatic carbocycles. The van der Waals surface area contributed by atoms with Crippen molar-refractivity contribution >= 4 is 16.7 Å². The molecule has 0 radical (unpaired) electrons. The summed E-state index contributed by atoms with van der Waals surface area (Å²) >= 11 is 0. The summed E-state index contributed by atoms with van der Waals surface area (Å²) in [7, 11) is 0. The Bertz CT molecular complexity index is 1150. The second-order valence-electron chi connectivity index (χ2n) is 5.68. The molecule has 0 saturated carbocycles. The van der Waals surface area contributed by atoms with Crippen LogP contribution in [0, 0.1) is 0 Å². The average molecular weight is 310 g/mol. The smallest absolute Gasteiger partial charge is 0.151 e. The van der Waals surface area contributed by atoms with Crippen molar-refractivity contribution in [1.29, 1.82) is 0 Å².